The maximum absolute atomic E-state index is 11.2. The molecular formula is C13H25N3O. The van der Waals surface area contributed by atoms with Gasteiger partial charge in [0.05, 0.1) is 5.92 Å². The number of carbonyl (C=O) groups excluding carboxylic acids is 1. The van der Waals surface area contributed by atoms with Gasteiger partial charge in [-0.3, -0.25) is 4.79 Å². The normalized spacial score (nSPS) is 30.6. The molecular weight excluding hydrogens is 214 g/mol. The van der Waals surface area contributed by atoms with Gasteiger partial charge in [0, 0.05) is 12.6 Å². The van der Waals surface area contributed by atoms with Gasteiger partial charge in [-0.1, -0.05) is 0 Å². The van der Waals surface area contributed by atoms with Crippen molar-refractivity contribution >= 4 is 5.91 Å². The second-order valence-corrected chi connectivity index (χ2v) is 5.48. The third-order valence-electron chi connectivity index (χ3n) is 4.10. The highest BCUT2D eigenvalue weighted by Gasteiger charge is 2.23. The van der Waals surface area contributed by atoms with Crippen molar-refractivity contribution in [3.8, 4) is 0 Å². The lowest BCUT2D eigenvalue weighted by Gasteiger charge is -2.31. The number of nitrogens with zero attached hydrogens (tertiary/aromatic N) is 1. The lowest BCUT2D eigenvalue weighted by Crippen LogP contribution is -2.41. The molecule has 0 aliphatic carbocycles. The summed E-state index contributed by atoms with van der Waals surface area (Å²) < 4.78 is 0. The number of hydrogen-bond donors (Lipinski definition) is 2. The number of piperidine rings is 1. The fourth-order valence-corrected chi connectivity index (χ4v) is 3.06. The minimum Gasteiger partial charge on any atom is -0.369 e. The molecule has 1 amide bonds. The number of nitrogens with one attached hydrogen (secondary N) is 1. The largest absolute Gasteiger partial charge is 0.369 e. The Morgan fingerprint density at radius 3 is 2.94 bits per heavy atom. The molecule has 2 aliphatic rings. The topological polar surface area (TPSA) is 58.4 Å². The van der Waals surface area contributed by atoms with E-state index in [1.165, 1.54) is 32.2 Å². The van der Waals surface area contributed by atoms with Gasteiger partial charge in [0.25, 0.3) is 0 Å². The van der Waals surface area contributed by atoms with Crippen LogP contribution in [0.3, 0.4) is 0 Å². The van der Waals surface area contributed by atoms with Gasteiger partial charge in [0.2, 0.25) is 5.91 Å². The average Bonchev–Trinajstić information content (AvgIpc) is 2.82. The number of likely N-dealkylation sites (tertiary alicyclic amines) is 1. The van der Waals surface area contributed by atoms with Crippen LogP contribution in [0.5, 0.6) is 0 Å². The molecule has 2 unspecified atom stereocenters. The maximum Gasteiger partial charge on any atom is 0.221 e. The summed E-state index contributed by atoms with van der Waals surface area (Å²) >= 11 is 0. The zero-order valence-corrected chi connectivity index (χ0v) is 10.7. The van der Waals surface area contributed by atoms with E-state index in [-0.39, 0.29) is 11.8 Å². The van der Waals surface area contributed by atoms with Gasteiger partial charge in [0.1, 0.15) is 0 Å². The van der Waals surface area contributed by atoms with E-state index < -0.39 is 0 Å². The van der Waals surface area contributed by atoms with Crippen LogP contribution in [0.4, 0.5) is 0 Å². The Morgan fingerprint density at radius 2 is 2.24 bits per heavy atom. The van der Waals surface area contributed by atoms with Crippen LogP contribution in [0.15, 0.2) is 0 Å². The molecule has 2 heterocycles. The second kappa shape index (κ2) is 6.36. The molecule has 4 nitrogen and oxygen atoms in total. The molecule has 0 aromatic carbocycles. The fraction of sp³-hybridized carbons (Fsp3) is 0.923. The molecule has 4 heteroatoms. The van der Waals surface area contributed by atoms with E-state index in [1.807, 2.05) is 0 Å². The summed E-state index contributed by atoms with van der Waals surface area (Å²) in [5, 5.41) is 3.53. The fourth-order valence-electron chi connectivity index (χ4n) is 3.06. The maximum atomic E-state index is 11.2. The van der Waals surface area contributed by atoms with E-state index in [0.717, 1.165) is 38.5 Å². The SMILES string of the molecule is NC(=O)C1CCCN(CCCC2CCCN2)C1. The van der Waals surface area contributed by atoms with E-state index in [2.05, 4.69) is 10.2 Å². The predicted octanol–water partition coefficient (Wildman–Crippen LogP) is 0.716. The van der Waals surface area contributed by atoms with Gasteiger partial charge in [-0.25, -0.2) is 0 Å². The molecule has 3 N–H and O–H groups in total. The molecule has 0 bridgehead atoms. The molecule has 17 heavy (non-hydrogen) atoms. The molecule has 2 rings (SSSR count). The van der Waals surface area contributed by atoms with Gasteiger partial charge < -0.3 is 16.0 Å². The Labute approximate surface area is 104 Å². The van der Waals surface area contributed by atoms with E-state index >= 15 is 0 Å². The molecule has 98 valence electrons. The number of carbonyl (C=O) groups is 1. The number of amides is 1. The first-order chi connectivity index (χ1) is 8.25. The van der Waals surface area contributed by atoms with Gasteiger partial charge in [0.15, 0.2) is 0 Å². The highest BCUT2D eigenvalue weighted by atomic mass is 16.1. The van der Waals surface area contributed by atoms with Crippen molar-refractivity contribution in [2.24, 2.45) is 11.7 Å². The first kappa shape index (κ1) is 12.8. The van der Waals surface area contributed by atoms with Crippen molar-refractivity contribution < 1.29 is 4.79 Å². The Bertz CT molecular complexity index is 251. The van der Waals surface area contributed by atoms with Gasteiger partial charge >= 0.3 is 0 Å². The average molecular weight is 239 g/mol. The van der Waals surface area contributed by atoms with Crippen LogP contribution in [0.1, 0.15) is 38.5 Å². The smallest absolute Gasteiger partial charge is 0.221 e. The predicted molar refractivity (Wildman–Crippen MR) is 68.6 cm³/mol. The Hall–Kier alpha value is -0.610. The minimum atomic E-state index is -0.118. The first-order valence-corrected chi connectivity index (χ1v) is 7.01. The molecule has 2 aliphatic heterocycles. The van der Waals surface area contributed by atoms with E-state index in [0.29, 0.717) is 0 Å². The quantitative estimate of drug-likeness (QED) is 0.743. The van der Waals surface area contributed by atoms with Crippen LogP contribution in [0, 0.1) is 5.92 Å². The highest BCUT2D eigenvalue weighted by molar-refractivity contribution is 5.76. The molecule has 2 saturated heterocycles. The van der Waals surface area contributed by atoms with Gasteiger partial charge in [-0.05, 0) is 58.2 Å². The van der Waals surface area contributed by atoms with Crippen LogP contribution >= 0.6 is 0 Å². The lowest BCUT2D eigenvalue weighted by atomic mass is 9.97. The van der Waals surface area contributed by atoms with Crippen molar-refractivity contribution in [3.63, 3.8) is 0 Å². The zero-order valence-electron chi connectivity index (χ0n) is 10.7. The molecule has 0 radical (unpaired) electrons. The summed E-state index contributed by atoms with van der Waals surface area (Å²) in [6.07, 6.45) is 7.29. The first-order valence-electron chi connectivity index (χ1n) is 7.01. The summed E-state index contributed by atoms with van der Waals surface area (Å²) in [5.41, 5.74) is 5.38. The molecule has 0 spiro atoms. The zero-order chi connectivity index (χ0) is 12.1. The van der Waals surface area contributed by atoms with Crippen molar-refractivity contribution in [2.45, 2.75) is 44.6 Å². The number of rotatable bonds is 5. The van der Waals surface area contributed by atoms with E-state index in [4.69, 9.17) is 5.73 Å². The number of nitrogens with two attached hydrogens (primary N) is 1. The van der Waals surface area contributed by atoms with Crippen LogP contribution in [-0.2, 0) is 4.79 Å². The molecule has 0 aromatic rings. The van der Waals surface area contributed by atoms with Crippen LogP contribution in [0.25, 0.3) is 0 Å². The summed E-state index contributed by atoms with van der Waals surface area (Å²) in [7, 11) is 0. The highest BCUT2D eigenvalue weighted by Crippen LogP contribution is 2.17. The molecule has 0 aromatic heterocycles. The van der Waals surface area contributed by atoms with Gasteiger partial charge in [-0.15, -0.1) is 0 Å². The molecule has 0 saturated carbocycles. The summed E-state index contributed by atoms with van der Waals surface area (Å²) in [6.45, 7) is 4.34. The van der Waals surface area contributed by atoms with Crippen molar-refractivity contribution in [1.29, 1.82) is 0 Å². The lowest BCUT2D eigenvalue weighted by molar-refractivity contribution is -0.123. The Balaban J connectivity index is 1.62. The number of primary amides is 1. The van der Waals surface area contributed by atoms with Crippen LogP contribution in [-0.4, -0.2) is 43.0 Å². The summed E-state index contributed by atoms with van der Waals surface area (Å²) in [5.74, 6) is -0.0273. The van der Waals surface area contributed by atoms with Crippen molar-refractivity contribution in [1.82, 2.24) is 10.2 Å². The third-order valence-corrected chi connectivity index (χ3v) is 4.10. The van der Waals surface area contributed by atoms with Crippen molar-refractivity contribution in [3.05, 3.63) is 0 Å². The Kier molecular flexibility index (Phi) is 4.80. The third kappa shape index (κ3) is 3.96. The molecule has 2 fully saturated rings. The monoisotopic (exact) mass is 239 g/mol. The van der Waals surface area contributed by atoms with Crippen LogP contribution in [0.2, 0.25) is 0 Å². The number of hydrogen-bond acceptors (Lipinski definition) is 3. The Morgan fingerprint density at radius 1 is 1.35 bits per heavy atom. The summed E-state index contributed by atoms with van der Waals surface area (Å²) in [6, 6.07) is 0.742. The summed E-state index contributed by atoms with van der Waals surface area (Å²) in [4.78, 5) is 13.6. The standard InChI is InChI=1S/C13H25N3O/c14-13(17)11-4-2-8-16(10-11)9-3-6-12-5-1-7-15-12/h11-12,15H,1-10H2,(H2,14,17). The van der Waals surface area contributed by atoms with Crippen molar-refractivity contribution in [2.75, 3.05) is 26.2 Å². The van der Waals surface area contributed by atoms with E-state index in [1.54, 1.807) is 0 Å². The van der Waals surface area contributed by atoms with Gasteiger partial charge in [-0.2, -0.15) is 0 Å². The van der Waals surface area contributed by atoms with E-state index in [9.17, 15) is 4.79 Å². The van der Waals surface area contributed by atoms with Crippen LogP contribution < -0.4 is 11.1 Å². The molecule has 2 atom stereocenters. The second-order valence-electron chi connectivity index (χ2n) is 5.48. The minimum absolute atomic E-state index is 0.0911.